The van der Waals surface area contributed by atoms with Crippen LogP contribution in [0.4, 0.5) is 5.69 Å². The first kappa shape index (κ1) is 14.6. The number of ether oxygens (including phenoxy) is 1. The Balaban J connectivity index is 1.78. The third-order valence-corrected chi connectivity index (χ3v) is 4.44. The van der Waals surface area contributed by atoms with Crippen molar-refractivity contribution < 1.29 is 14.3 Å². The maximum Gasteiger partial charge on any atom is 0.278 e. The van der Waals surface area contributed by atoms with E-state index in [0.717, 1.165) is 10.4 Å². The zero-order valence-corrected chi connectivity index (χ0v) is 13.1. The fourth-order valence-electron chi connectivity index (χ4n) is 2.24. The number of fused-ring (bicyclic) bond motifs is 1. The van der Waals surface area contributed by atoms with Gasteiger partial charge in [0.1, 0.15) is 5.75 Å². The number of amides is 2. The highest BCUT2D eigenvalue weighted by molar-refractivity contribution is 7.09. The first-order chi connectivity index (χ1) is 10.5. The summed E-state index contributed by atoms with van der Waals surface area (Å²) in [5.41, 5.74) is 0.0291. The van der Waals surface area contributed by atoms with Crippen LogP contribution in [0.5, 0.6) is 5.75 Å². The monoisotopic (exact) mass is 316 g/mol. The van der Waals surface area contributed by atoms with Crippen molar-refractivity contribution in [3.8, 4) is 5.75 Å². The molecule has 0 radical (unpaired) electrons. The predicted octanol–water partition coefficient (Wildman–Crippen LogP) is 2.46. The Kier molecular flexibility index (Phi) is 3.62. The van der Waals surface area contributed by atoms with Crippen LogP contribution in [-0.2, 0) is 16.1 Å². The first-order valence-corrected chi connectivity index (χ1v) is 7.79. The highest BCUT2D eigenvalue weighted by Gasteiger charge is 2.47. The van der Waals surface area contributed by atoms with E-state index in [0.29, 0.717) is 18.0 Å². The van der Waals surface area contributed by atoms with Crippen molar-refractivity contribution in [2.45, 2.75) is 26.0 Å². The number of rotatable bonds is 3. The van der Waals surface area contributed by atoms with Crippen LogP contribution in [0.1, 0.15) is 17.4 Å². The number of hydrogen-bond acceptors (Lipinski definition) is 4. The van der Waals surface area contributed by atoms with Gasteiger partial charge in [-0.25, -0.2) is 0 Å². The third-order valence-electron chi connectivity index (χ3n) is 3.57. The molecule has 1 atom stereocenters. The van der Waals surface area contributed by atoms with Gasteiger partial charge in [0, 0.05) is 4.88 Å². The number of carbonyl (C=O) groups excluding carboxylic acids is 2. The van der Waals surface area contributed by atoms with Gasteiger partial charge in [0.2, 0.25) is 0 Å². The molecular formula is C16H16N2O3S. The van der Waals surface area contributed by atoms with Crippen LogP contribution in [0.3, 0.4) is 0 Å². The van der Waals surface area contributed by atoms with Gasteiger partial charge >= 0.3 is 0 Å². The molecule has 2 amide bonds. The molecular weight excluding hydrogens is 300 g/mol. The van der Waals surface area contributed by atoms with E-state index < -0.39 is 17.4 Å². The predicted molar refractivity (Wildman–Crippen MR) is 85.0 cm³/mol. The van der Waals surface area contributed by atoms with Gasteiger partial charge in [-0.3, -0.25) is 9.59 Å². The summed E-state index contributed by atoms with van der Waals surface area (Å²) in [6, 6.07) is 9.29. The number of aryl methyl sites for hydroxylation is 1. The molecule has 2 aromatic rings. The Labute approximate surface area is 132 Å². The average molecular weight is 316 g/mol. The lowest BCUT2D eigenvalue weighted by molar-refractivity contribution is -0.146. The van der Waals surface area contributed by atoms with Crippen LogP contribution in [0, 0.1) is 6.92 Å². The van der Waals surface area contributed by atoms with Crippen molar-refractivity contribution in [3.63, 3.8) is 0 Å². The van der Waals surface area contributed by atoms with Crippen LogP contribution in [0.15, 0.2) is 35.7 Å². The van der Waals surface area contributed by atoms with Crippen molar-refractivity contribution in [3.05, 3.63) is 46.2 Å². The van der Waals surface area contributed by atoms with E-state index in [1.54, 1.807) is 17.4 Å². The SMILES string of the molecule is Cc1ccc2c(c1)NC(=O)[C@@](C)(C(=O)NCc1cccs1)O2. The van der Waals surface area contributed by atoms with Gasteiger partial charge in [-0.2, -0.15) is 0 Å². The summed E-state index contributed by atoms with van der Waals surface area (Å²) < 4.78 is 5.70. The van der Waals surface area contributed by atoms with Crippen LogP contribution < -0.4 is 15.4 Å². The van der Waals surface area contributed by atoms with E-state index in [1.165, 1.54) is 6.92 Å². The molecule has 0 bridgehead atoms. The fourth-order valence-corrected chi connectivity index (χ4v) is 2.88. The zero-order chi connectivity index (χ0) is 15.7. The minimum atomic E-state index is -1.57. The summed E-state index contributed by atoms with van der Waals surface area (Å²) in [6.07, 6.45) is 0. The summed E-state index contributed by atoms with van der Waals surface area (Å²) in [4.78, 5) is 25.7. The van der Waals surface area contributed by atoms with Crippen molar-refractivity contribution >= 4 is 28.8 Å². The molecule has 2 N–H and O–H groups in total. The molecule has 22 heavy (non-hydrogen) atoms. The van der Waals surface area contributed by atoms with E-state index in [1.807, 2.05) is 36.6 Å². The number of thiophene rings is 1. The molecule has 1 aliphatic rings. The van der Waals surface area contributed by atoms with Gasteiger partial charge in [-0.15, -0.1) is 11.3 Å². The fraction of sp³-hybridized carbons (Fsp3) is 0.250. The lowest BCUT2D eigenvalue weighted by atomic mass is 10.0. The Hall–Kier alpha value is -2.34. The topological polar surface area (TPSA) is 67.4 Å². The van der Waals surface area contributed by atoms with E-state index in [-0.39, 0.29) is 0 Å². The molecule has 0 saturated heterocycles. The van der Waals surface area contributed by atoms with Crippen molar-refractivity contribution in [1.82, 2.24) is 5.32 Å². The summed E-state index contributed by atoms with van der Waals surface area (Å²) in [6.45, 7) is 3.78. The molecule has 1 aromatic heterocycles. The molecule has 5 nitrogen and oxygen atoms in total. The molecule has 1 aromatic carbocycles. The van der Waals surface area contributed by atoms with Gasteiger partial charge in [-0.1, -0.05) is 12.1 Å². The Morgan fingerprint density at radius 2 is 2.23 bits per heavy atom. The maximum absolute atomic E-state index is 12.4. The molecule has 0 spiro atoms. The summed E-state index contributed by atoms with van der Waals surface area (Å²) in [7, 11) is 0. The zero-order valence-electron chi connectivity index (χ0n) is 12.3. The number of nitrogens with one attached hydrogen (secondary N) is 2. The Bertz CT molecular complexity index is 727. The second-order valence-electron chi connectivity index (χ2n) is 5.35. The molecule has 2 heterocycles. The quantitative estimate of drug-likeness (QED) is 0.855. The van der Waals surface area contributed by atoms with E-state index in [2.05, 4.69) is 10.6 Å². The lowest BCUT2D eigenvalue weighted by Gasteiger charge is -2.33. The van der Waals surface area contributed by atoms with Crippen LogP contribution in [-0.4, -0.2) is 17.4 Å². The highest BCUT2D eigenvalue weighted by Crippen LogP contribution is 2.34. The average Bonchev–Trinajstić information content (AvgIpc) is 2.99. The minimum absolute atomic E-state index is 0.378. The second-order valence-corrected chi connectivity index (χ2v) is 6.38. The Morgan fingerprint density at radius 1 is 1.41 bits per heavy atom. The summed E-state index contributed by atoms with van der Waals surface area (Å²) >= 11 is 1.55. The number of benzene rings is 1. The molecule has 0 fully saturated rings. The first-order valence-electron chi connectivity index (χ1n) is 6.91. The molecule has 0 unspecified atom stereocenters. The summed E-state index contributed by atoms with van der Waals surface area (Å²) in [5.74, 6) is -0.419. The molecule has 0 aliphatic carbocycles. The summed E-state index contributed by atoms with van der Waals surface area (Å²) in [5, 5.41) is 7.43. The maximum atomic E-state index is 12.4. The van der Waals surface area contributed by atoms with Crippen molar-refractivity contribution in [2.75, 3.05) is 5.32 Å². The number of anilines is 1. The molecule has 1 aliphatic heterocycles. The van der Waals surface area contributed by atoms with Gasteiger partial charge in [0.05, 0.1) is 12.2 Å². The van der Waals surface area contributed by atoms with Gasteiger partial charge in [0.15, 0.2) is 0 Å². The molecule has 0 saturated carbocycles. The van der Waals surface area contributed by atoms with E-state index in [4.69, 9.17) is 4.74 Å². The van der Waals surface area contributed by atoms with Crippen LogP contribution in [0.2, 0.25) is 0 Å². The minimum Gasteiger partial charge on any atom is -0.466 e. The van der Waals surface area contributed by atoms with Gasteiger partial charge in [0.25, 0.3) is 17.4 Å². The molecule has 114 valence electrons. The van der Waals surface area contributed by atoms with E-state index >= 15 is 0 Å². The van der Waals surface area contributed by atoms with Gasteiger partial charge < -0.3 is 15.4 Å². The Morgan fingerprint density at radius 3 is 2.95 bits per heavy atom. The lowest BCUT2D eigenvalue weighted by Crippen LogP contribution is -2.58. The number of carbonyl (C=O) groups is 2. The van der Waals surface area contributed by atoms with Crippen molar-refractivity contribution in [1.29, 1.82) is 0 Å². The number of hydrogen-bond donors (Lipinski definition) is 2. The van der Waals surface area contributed by atoms with E-state index in [9.17, 15) is 9.59 Å². The van der Waals surface area contributed by atoms with Gasteiger partial charge in [-0.05, 0) is 43.0 Å². The van der Waals surface area contributed by atoms with Crippen molar-refractivity contribution in [2.24, 2.45) is 0 Å². The molecule has 3 rings (SSSR count). The molecule has 6 heteroatoms. The van der Waals surface area contributed by atoms with Crippen LogP contribution >= 0.6 is 11.3 Å². The third kappa shape index (κ3) is 2.57. The second kappa shape index (κ2) is 5.46. The largest absolute Gasteiger partial charge is 0.466 e. The normalized spacial score (nSPS) is 19.8. The standard InChI is InChI=1S/C16H16N2O3S/c1-10-5-6-13-12(8-10)18-15(20)16(2,21-13)14(19)17-9-11-4-3-7-22-11/h3-8H,9H2,1-2H3,(H,17,19)(H,18,20)/t16-/m1/s1. The van der Waals surface area contributed by atoms with Crippen LogP contribution in [0.25, 0.3) is 0 Å². The smallest absolute Gasteiger partial charge is 0.278 e. The highest BCUT2D eigenvalue weighted by atomic mass is 32.1.